The zero-order chi connectivity index (χ0) is 23.4. The van der Waals surface area contributed by atoms with Gasteiger partial charge in [0.1, 0.15) is 11.6 Å². The van der Waals surface area contributed by atoms with Gasteiger partial charge in [0, 0.05) is 51.9 Å². The summed E-state index contributed by atoms with van der Waals surface area (Å²) in [6.07, 6.45) is 0.517. The smallest absolute Gasteiger partial charge is 0.240 e. The molecule has 2 aliphatic rings. The van der Waals surface area contributed by atoms with Crippen LogP contribution in [0.25, 0.3) is 0 Å². The van der Waals surface area contributed by atoms with E-state index in [1.54, 1.807) is 0 Å². The van der Waals surface area contributed by atoms with E-state index in [-0.39, 0.29) is 23.6 Å². The van der Waals surface area contributed by atoms with Crippen molar-refractivity contribution in [3.63, 3.8) is 0 Å². The van der Waals surface area contributed by atoms with Gasteiger partial charge in [-0.05, 0) is 42.3 Å². The van der Waals surface area contributed by atoms with Crippen LogP contribution in [0, 0.1) is 23.0 Å². The van der Waals surface area contributed by atoms with Crippen molar-refractivity contribution in [2.75, 3.05) is 45.8 Å². The van der Waals surface area contributed by atoms with Gasteiger partial charge in [-0.15, -0.1) is 0 Å². The average Bonchev–Trinajstić information content (AvgIpc) is 2.78. The summed E-state index contributed by atoms with van der Waals surface area (Å²) in [5, 5.41) is 8.84. The molecule has 0 aromatic heterocycles. The Hall–Kier alpha value is -2.42. The van der Waals surface area contributed by atoms with Gasteiger partial charge >= 0.3 is 0 Å². The molecule has 2 aromatic carbocycles. The third-order valence-electron chi connectivity index (χ3n) is 5.96. The molecule has 2 aliphatic heterocycles. The number of halogens is 2. The number of nitriles is 1. The van der Waals surface area contributed by atoms with Gasteiger partial charge in [0.15, 0.2) is 0 Å². The van der Waals surface area contributed by atoms with Crippen molar-refractivity contribution in [2.45, 2.75) is 23.5 Å². The molecule has 0 aliphatic carbocycles. The van der Waals surface area contributed by atoms with Crippen molar-refractivity contribution >= 4 is 10.0 Å². The normalized spacial score (nSPS) is 21.6. The molecule has 176 valence electrons. The molecular weight excluding hydrogens is 450 g/mol. The summed E-state index contributed by atoms with van der Waals surface area (Å²) in [5.41, 5.74) is 0.912. The minimum absolute atomic E-state index is 0.00528. The first-order chi connectivity index (χ1) is 15.8. The number of hydrogen-bond acceptors (Lipinski definition) is 6. The SMILES string of the molecule is N#Cc1ccc(S(=O)(=O)NCCN2CC3CN(CCc4ccc(F)cc4F)CC(C2)O3)cc1. The van der Waals surface area contributed by atoms with Crippen LogP contribution in [0.1, 0.15) is 11.1 Å². The maximum absolute atomic E-state index is 13.9. The lowest BCUT2D eigenvalue weighted by atomic mass is 10.1. The molecule has 10 heteroatoms. The Balaban J connectivity index is 1.23. The summed E-state index contributed by atoms with van der Waals surface area (Å²) in [7, 11) is -3.63. The highest BCUT2D eigenvalue weighted by molar-refractivity contribution is 7.89. The van der Waals surface area contributed by atoms with Crippen molar-refractivity contribution in [3.05, 3.63) is 65.2 Å². The molecular formula is C23H26F2N4O3S. The molecule has 2 bridgehead atoms. The number of rotatable bonds is 8. The minimum atomic E-state index is -3.63. The molecule has 0 saturated carbocycles. The van der Waals surface area contributed by atoms with Crippen molar-refractivity contribution in [2.24, 2.45) is 0 Å². The maximum Gasteiger partial charge on any atom is 0.240 e. The largest absolute Gasteiger partial charge is 0.370 e. The highest BCUT2D eigenvalue weighted by atomic mass is 32.2. The summed E-state index contributed by atoms with van der Waals surface area (Å²) in [5.74, 6) is -1.09. The van der Waals surface area contributed by atoms with Crippen LogP contribution in [0.3, 0.4) is 0 Å². The van der Waals surface area contributed by atoms with Crippen LogP contribution in [0.2, 0.25) is 0 Å². The predicted molar refractivity (Wildman–Crippen MR) is 118 cm³/mol. The first-order valence-electron chi connectivity index (χ1n) is 10.9. The molecule has 0 radical (unpaired) electrons. The molecule has 33 heavy (non-hydrogen) atoms. The summed E-state index contributed by atoms with van der Waals surface area (Å²) >= 11 is 0. The number of morpholine rings is 2. The number of sulfonamides is 1. The quantitative estimate of drug-likeness (QED) is 0.625. The molecule has 2 aromatic rings. The molecule has 2 fully saturated rings. The Morgan fingerprint density at radius 2 is 1.64 bits per heavy atom. The van der Waals surface area contributed by atoms with Crippen LogP contribution in [0.15, 0.2) is 47.4 Å². The summed E-state index contributed by atoms with van der Waals surface area (Å²) in [6, 6.07) is 11.5. The predicted octanol–water partition coefficient (Wildman–Crippen LogP) is 1.74. The molecule has 2 heterocycles. The standard InChI is InChI=1S/C23H26F2N4O3S/c24-19-4-3-18(23(25)11-19)7-9-28-13-20-15-29(16-21(14-28)32-20)10-8-27-33(30,31)22-5-1-17(12-26)2-6-22/h1-6,11,20-21,27H,7-10,13-16H2. The number of nitrogens with zero attached hydrogens (tertiary/aromatic N) is 3. The van der Waals surface area contributed by atoms with E-state index in [0.717, 1.165) is 6.07 Å². The minimum Gasteiger partial charge on any atom is -0.370 e. The van der Waals surface area contributed by atoms with Gasteiger partial charge in [0.2, 0.25) is 10.0 Å². The van der Waals surface area contributed by atoms with Gasteiger partial charge in [-0.1, -0.05) is 6.07 Å². The fourth-order valence-corrected chi connectivity index (χ4v) is 5.38. The van der Waals surface area contributed by atoms with E-state index in [4.69, 9.17) is 10.00 Å². The van der Waals surface area contributed by atoms with Crippen molar-refractivity contribution in [1.82, 2.24) is 14.5 Å². The molecule has 0 spiro atoms. The maximum atomic E-state index is 13.9. The van der Waals surface area contributed by atoms with E-state index in [2.05, 4.69) is 14.5 Å². The molecule has 4 rings (SSSR count). The number of nitrogens with one attached hydrogen (secondary N) is 1. The molecule has 7 nitrogen and oxygen atoms in total. The Kier molecular flexibility index (Phi) is 7.36. The lowest BCUT2D eigenvalue weighted by molar-refractivity contribution is -0.137. The summed E-state index contributed by atoms with van der Waals surface area (Å²) in [4.78, 5) is 4.57. The van der Waals surface area contributed by atoms with E-state index in [1.807, 2.05) is 6.07 Å². The summed E-state index contributed by atoms with van der Waals surface area (Å²) < 4.78 is 60.5. The van der Waals surface area contributed by atoms with Crippen LogP contribution in [-0.4, -0.2) is 76.2 Å². The number of fused-ring (bicyclic) bond motifs is 2. The number of hydrogen-bond donors (Lipinski definition) is 1. The van der Waals surface area contributed by atoms with Crippen LogP contribution in [-0.2, 0) is 21.2 Å². The first kappa shape index (κ1) is 23.7. The average molecular weight is 477 g/mol. The lowest BCUT2D eigenvalue weighted by Gasteiger charge is -2.46. The zero-order valence-corrected chi connectivity index (χ0v) is 18.9. The Labute approximate surface area is 192 Å². The highest BCUT2D eigenvalue weighted by Gasteiger charge is 2.34. The number of ether oxygens (including phenoxy) is 1. The van der Waals surface area contributed by atoms with Crippen molar-refractivity contribution < 1.29 is 21.9 Å². The zero-order valence-electron chi connectivity index (χ0n) is 18.1. The van der Waals surface area contributed by atoms with Gasteiger partial charge in [0.05, 0.1) is 28.7 Å². The van der Waals surface area contributed by atoms with Crippen molar-refractivity contribution in [3.8, 4) is 6.07 Å². The monoisotopic (exact) mass is 476 g/mol. The van der Waals surface area contributed by atoms with Gasteiger partial charge in [-0.2, -0.15) is 5.26 Å². The van der Waals surface area contributed by atoms with Crippen LogP contribution in [0.4, 0.5) is 8.78 Å². The second kappa shape index (κ2) is 10.2. The summed E-state index contributed by atoms with van der Waals surface area (Å²) in [6.45, 7) is 4.32. The van der Waals surface area contributed by atoms with Gasteiger partial charge in [0.25, 0.3) is 0 Å². The second-order valence-corrected chi connectivity index (χ2v) is 10.2. The van der Waals surface area contributed by atoms with E-state index in [0.29, 0.717) is 56.8 Å². The third-order valence-corrected chi connectivity index (χ3v) is 7.44. The number of benzene rings is 2. The Morgan fingerprint density at radius 3 is 2.24 bits per heavy atom. The third kappa shape index (κ3) is 6.13. The van der Waals surface area contributed by atoms with E-state index >= 15 is 0 Å². The highest BCUT2D eigenvalue weighted by Crippen LogP contribution is 2.20. The molecule has 1 N–H and O–H groups in total. The van der Waals surface area contributed by atoms with Crippen LogP contribution < -0.4 is 4.72 Å². The molecule has 2 unspecified atom stereocenters. The molecule has 2 atom stereocenters. The Bertz CT molecular complexity index is 1110. The fraction of sp³-hybridized carbons (Fsp3) is 0.435. The van der Waals surface area contributed by atoms with Gasteiger partial charge in [-0.3, -0.25) is 9.80 Å². The topological polar surface area (TPSA) is 85.7 Å². The fourth-order valence-electron chi connectivity index (χ4n) is 4.36. The second-order valence-electron chi connectivity index (χ2n) is 8.42. The van der Waals surface area contributed by atoms with Gasteiger partial charge < -0.3 is 4.74 Å². The van der Waals surface area contributed by atoms with Crippen molar-refractivity contribution in [1.29, 1.82) is 5.26 Å². The molecule has 0 amide bonds. The van der Waals surface area contributed by atoms with E-state index < -0.39 is 21.7 Å². The lowest BCUT2D eigenvalue weighted by Crippen LogP contribution is -2.60. The molecule has 2 saturated heterocycles. The van der Waals surface area contributed by atoms with Crippen LogP contribution in [0.5, 0.6) is 0 Å². The first-order valence-corrected chi connectivity index (χ1v) is 12.3. The Morgan fingerprint density at radius 1 is 1.00 bits per heavy atom. The van der Waals surface area contributed by atoms with Gasteiger partial charge in [-0.25, -0.2) is 21.9 Å². The van der Waals surface area contributed by atoms with Crippen LogP contribution >= 0.6 is 0 Å². The van der Waals surface area contributed by atoms with E-state index in [9.17, 15) is 17.2 Å². The van der Waals surface area contributed by atoms with E-state index in [1.165, 1.54) is 36.4 Å².